The Morgan fingerprint density at radius 2 is 2.20 bits per heavy atom. The fourth-order valence-corrected chi connectivity index (χ4v) is 2.92. The Kier molecular flexibility index (Phi) is 4.22. The number of anilines is 1. The van der Waals surface area contributed by atoms with Crippen LogP contribution in [0.2, 0.25) is 0 Å². The molecular weight excluding hydrogens is 330 g/mol. The fourth-order valence-electron chi connectivity index (χ4n) is 2.60. The number of carboxylic acid groups (broad SMARTS) is 1. The van der Waals surface area contributed by atoms with Crippen molar-refractivity contribution in [2.24, 2.45) is 0 Å². The summed E-state index contributed by atoms with van der Waals surface area (Å²) in [6, 6.07) is 1.36. The molecule has 1 fully saturated rings. The van der Waals surface area contributed by atoms with E-state index in [2.05, 4.69) is 26.2 Å². The van der Waals surface area contributed by atoms with Gasteiger partial charge in [0, 0.05) is 22.3 Å². The highest BCUT2D eigenvalue weighted by molar-refractivity contribution is 9.10. The summed E-state index contributed by atoms with van der Waals surface area (Å²) in [5.74, 6) is -0.791. The highest BCUT2D eigenvalue weighted by Gasteiger charge is 2.37. The third-order valence-corrected chi connectivity index (χ3v) is 3.90. The maximum atomic E-state index is 11.1. The Labute approximate surface area is 123 Å². The van der Waals surface area contributed by atoms with E-state index in [9.17, 15) is 14.9 Å². The van der Waals surface area contributed by atoms with E-state index < -0.39 is 16.4 Å². The van der Waals surface area contributed by atoms with Crippen molar-refractivity contribution < 1.29 is 14.8 Å². The Balaban J connectivity index is 2.31. The average molecular weight is 344 g/mol. The van der Waals surface area contributed by atoms with Gasteiger partial charge in [0.1, 0.15) is 0 Å². The first kappa shape index (κ1) is 14.7. The lowest BCUT2D eigenvalue weighted by Crippen LogP contribution is -2.38. The Hall–Kier alpha value is -1.70. The van der Waals surface area contributed by atoms with Crippen molar-refractivity contribution in [1.82, 2.24) is 4.98 Å². The topological polar surface area (TPSA) is 105 Å². The first-order chi connectivity index (χ1) is 9.42. The molecule has 0 atom stereocenters. The summed E-state index contributed by atoms with van der Waals surface area (Å²) < 4.78 is 0.508. The number of hydrogen-bond donors (Lipinski definition) is 2. The van der Waals surface area contributed by atoms with E-state index in [1.54, 1.807) is 0 Å². The van der Waals surface area contributed by atoms with E-state index in [1.807, 2.05) is 0 Å². The maximum absolute atomic E-state index is 11.1. The van der Waals surface area contributed by atoms with Crippen molar-refractivity contribution in [2.75, 3.05) is 5.32 Å². The molecule has 1 aromatic rings. The van der Waals surface area contributed by atoms with Gasteiger partial charge in [-0.2, -0.15) is 0 Å². The molecule has 1 aliphatic carbocycles. The molecule has 2 N–H and O–H groups in total. The number of halogens is 1. The summed E-state index contributed by atoms with van der Waals surface area (Å²) in [4.78, 5) is 25.6. The average Bonchev–Trinajstić information content (AvgIpc) is 2.78. The van der Waals surface area contributed by atoms with Crippen molar-refractivity contribution in [3.63, 3.8) is 0 Å². The van der Waals surface area contributed by atoms with Gasteiger partial charge in [-0.25, -0.2) is 4.98 Å². The monoisotopic (exact) mass is 343 g/mol. The number of aliphatic carboxylic acids is 1. The van der Waals surface area contributed by atoms with Crippen molar-refractivity contribution >= 4 is 33.4 Å². The molecule has 0 amide bonds. The third kappa shape index (κ3) is 3.24. The van der Waals surface area contributed by atoms with Crippen LogP contribution in [0.15, 0.2) is 16.7 Å². The number of nitrogens with zero attached hydrogens (tertiary/aromatic N) is 2. The smallest absolute Gasteiger partial charge is 0.312 e. The first-order valence-electron chi connectivity index (χ1n) is 6.22. The van der Waals surface area contributed by atoms with E-state index in [0.717, 1.165) is 12.8 Å². The lowest BCUT2D eigenvalue weighted by Gasteiger charge is -2.29. The normalized spacial score (nSPS) is 16.9. The van der Waals surface area contributed by atoms with Gasteiger partial charge in [0.05, 0.1) is 11.3 Å². The predicted molar refractivity (Wildman–Crippen MR) is 75.7 cm³/mol. The molecule has 8 heteroatoms. The van der Waals surface area contributed by atoms with Gasteiger partial charge in [-0.05, 0) is 28.8 Å². The molecule has 1 heterocycles. The number of carboxylic acids is 1. The largest absolute Gasteiger partial charge is 0.481 e. The predicted octanol–water partition coefficient (Wildman–Crippen LogP) is 2.95. The second-order valence-electron chi connectivity index (χ2n) is 4.96. The van der Waals surface area contributed by atoms with Gasteiger partial charge in [0.25, 0.3) is 0 Å². The number of rotatable bonds is 5. The molecule has 1 aliphatic rings. The van der Waals surface area contributed by atoms with Gasteiger partial charge >= 0.3 is 11.7 Å². The van der Waals surface area contributed by atoms with E-state index >= 15 is 0 Å². The number of hydrogen-bond acceptors (Lipinski definition) is 5. The molecule has 0 unspecified atom stereocenters. The van der Waals surface area contributed by atoms with Crippen LogP contribution in [0.3, 0.4) is 0 Å². The van der Waals surface area contributed by atoms with Crippen molar-refractivity contribution in [1.29, 1.82) is 0 Å². The Bertz CT molecular complexity index is 544. The molecule has 2 rings (SSSR count). The number of nitrogens with one attached hydrogen (secondary N) is 1. The SMILES string of the molecule is O=C(O)CC1(Nc2ncc(Br)cc2[N+](=O)[O-])CCCC1. The second kappa shape index (κ2) is 5.74. The molecule has 0 bridgehead atoms. The molecule has 0 aromatic carbocycles. The molecular formula is C12H14BrN3O4. The van der Waals surface area contributed by atoms with Crippen LogP contribution in [-0.2, 0) is 4.79 Å². The van der Waals surface area contributed by atoms with Crippen LogP contribution in [-0.4, -0.2) is 26.5 Å². The minimum atomic E-state index is -0.917. The zero-order chi connectivity index (χ0) is 14.8. The molecule has 7 nitrogen and oxygen atoms in total. The number of carbonyl (C=O) groups is 1. The molecule has 20 heavy (non-hydrogen) atoms. The van der Waals surface area contributed by atoms with Crippen LogP contribution in [0.4, 0.5) is 11.5 Å². The number of pyridine rings is 1. The van der Waals surface area contributed by atoms with Crippen LogP contribution in [0.1, 0.15) is 32.1 Å². The van der Waals surface area contributed by atoms with Gasteiger partial charge in [-0.3, -0.25) is 14.9 Å². The summed E-state index contributed by atoms with van der Waals surface area (Å²) in [6.45, 7) is 0. The van der Waals surface area contributed by atoms with Gasteiger partial charge in [-0.1, -0.05) is 12.8 Å². The van der Waals surface area contributed by atoms with Gasteiger partial charge in [-0.15, -0.1) is 0 Å². The maximum Gasteiger partial charge on any atom is 0.312 e. The third-order valence-electron chi connectivity index (χ3n) is 3.46. The second-order valence-corrected chi connectivity index (χ2v) is 5.88. The number of aromatic nitrogens is 1. The van der Waals surface area contributed by atoms with Gasteiger partial charge in [0.15, 0.2) is 0 Å². The molecule has 1 saturated carbocycles. The van der Waals surface area contributed by atoms with Crippen molar-refractivity contribution in [2.45, 2.75) is 37.6 Å². The zero-order valence-electron chi connectivity index (χ0n) is 10.6. The lowest BCUT2D eigenvalue weighted by atomic mass is 9.93. The summed E-state index contributed by atoms with van der Waals surface area (Å²) in [7, 11) is 0. The molecule has 0 radical (unpaired) electrons. The van der Waals surface area contributed by atoms with Crippen molar-refractivity contribution in [3.05, 3.63) is 26.9 Å². The first-order valence-corrected chi connectivity index (χ1v) is 7.01. The zero-order valence-corrected chi connectivity index (χ0v) is 12.2. The molecule has 108 valence electrons. The summed E-state index contributed by atoms with van der Waals surface area (Å²) >= 11 is 3.14. The van der Waals surface area contributed by atoms with Crippen LogP contribution in [0, 0.1) is 10.1 Å². The van der Waals surface area contributed by atoms with Crippen molar-refractivity contribution in [3.8, 4) is 0 Å². The Morgan fingerprint density at radius 3 is 2.75 bits per heavy atom. The van der Waals surface area contributed by atoms with E-state index in [1.165, 1.54) is 12.3 Å². The minimum Gasteiger partial charge on any atom is -0.481 e. The minimum absolute atomic E-state index is 0.0676. The van der Waals surface area contributed by atoms with E-state index in [0.29, 0.717) is 17.3 Å². The molecule has 0 saturated heterocycles. The quantitative estimate of drug-likeness (QED) is 0.628. The van der Waals surface area contributed by atoms with Crippen LogP contribution in [0.5, 0.6) is 0 Å². The van der Waals surface area contributed by atoms with Gasteiger partial charge < -0.3 is 10.4 Å². The summed E-state index contributed by atoms with van der Waals surface area (Å²) in [5, 5.41) is 23.1. The lowest BCUT2D eigenvalue weighted by molar-refractivity contribution is -0.384. The fraction of sp³-hybridized carbons (Fsp3) is 0.500. The highest BCUT2D eigenvalue weighted by atomic mass is 79.9. The molecule has 1 aromatic heterocycles. The van der Waals surface area contributed by atoms with Crippen LogP contribution < -0.4 is 5.32 Å². The highest BCUT2D eigenvalue weighted by Crippen LogP contribution is 2.38. The van der Waals surface area contributed by atoms with Crippen LogP contribution in [0.25, 0.3) is 0 Å². The van der Waals surface area contributed by atoms with Crippen LogP contribution >= 0.6 is 15.9 Å². The summed E-state index contributed by atoms with van der Waals surface area (Å²) in [5.41, 5.74) is -0.798. The van der Waals surface area contributed by atoms with E-state index in [-0.39, 0.29) is 17.9 Å². The molecule has 0 spiro atoms. The number of nitro groups is 1. The standard InChI is InChI=1S/C12H14BrN3O4/c13-8-5-9(16(19)20)11(14-7-8)15-12(6-10(17)18)3-1-2-4-12/h5,7H,1-4,6H2,(H,14,15)(H,17,18). The van der Waals surface area contributed by atoms with Gasteiger partial charge in [0.2, 0.25) is 5.82 Å². The summed E-state index contributed by atoms with van der Waals surface area (Å²) in [6.07, 6.45) is 4.55. The van der Waals surface area contributed by atoms with E-state index in [4.69, 9.17) is 5.11 Å². The molecule has 0 aliphatic heterocycles. The Morgan fingerprint density at radius 1 is 1.55 bits per heavy atom.